The fourth-order valence-corrected chi connectivity index (χ4v) is 4.17. The lowest BCUT2D eigenvalue weighted by Crippen LogP contribution is -2.13. The Kier molecular flexibility index (Phi) is 5.31. The molecule has 0 spiro atoms. The molecule has 0 aliphatic rings. The van der Waals surface area contributed by atoms with Crippen molar-refractivity contribution >= 4 is 44.9 Å². The number of nitrogens with one attached hydrogen (secondary N) is 3. The van der Waals surface area contributed by atoms with E-state index >= 15 is 0 Å². The molecule has 8 nitrogen and oxygen atoms in total. The van der Waals surface area contributed by atoms with Crippen LogP contribution in [0.1, 0.15) is 16.1 Å². The molecule has 0 saturated heterocycles. The molecule has 0 aliphatic carbocycles. The van der Waals surface area contributed by atoms with Gasteiger partial charge >= 0.3 is 0 Å². The number of aromatic amines is 1. The first-order valence-corrected chi connectivity index (χ1v) is 11.4. The number of H-pyrrole nitrogens is 1. The lowest BCUT2D eigenvalue weighted by atomic mass is 10.1. The van der Waals surface area contributed by atoms with Crippen molar-refractivity contribution in [2.45, 2.75) is 6.92 Å². The molecule has 0 saturated carbocycles. The minimum Gasteiger partial charge on any atom is -0.324 e. The minimum absolute atomic E-state index is 0.288. The summed E-state index contributed by atoms with van der Waals surface area (Å²) in [6.45, 7) is 1.98. The first-order valence-electron chi connectivity index (χ1n) is 11.4. The van der Waals surface area contributed by atoms with E-state index in [1.807, 2.05) is 86.0 Å². The van der Waals surface area contributed by atoms with Crippen molar-refractivity contribution in [1.29, 1.82) is 0 Å². The second kappa shape index (κ2) is 8.92. The van der Waals surface area contributed by atoms with Gasteiger partial charge in [-0.3, -0.25) is 14.9 Å². The number of carbonyl (C=O) groups excluding carboxylic acids is 1. The largest absolute Gasteiger partial charge is 0.324 e. The molecule has 6 rings (SSSR count). The molecular weight excluding hydrogens is 450 g/mol. The maximum absolute atomic E-state index is 12.9. The highest BCUT2D eigenvalue weighted by atomic mass is 16.1. The second-order valence-corrected chi connectivity index (χ2v) is 8.40. The van der Waals surface area contributed by atoms with E-state index < -0.39 is 0 Å². The molecule has 3 N–H and O–H groups in total. The molecule has 6 aromatic rings. The van der Waals surface area contributed by atoms with E-state index in [-0.39, 0.29) is 5.91 Å². The monoisotopic (exact) mass is 471 g/mol. The molecule has 8 heteroatoms. The number of para-hydroxylation sites is 1. The average molecular weight is 472 g/mol. The number of benzene rings is 3. The molecule has 3 heterocycles. The van der Waals surface area contributed by atoms with Gasteiger partial charge in [0.15, 0.2) is 5.69 Å². The summed E-state index contributed by atoms with van der Waals surface area (Å²) in [7, 11) is 0. The predicted molar refractivity (Wildman–Crippen MR) is 141 cm³/mol. The lowest BCUT2D eigenvalue weighted by molar-refractivity contribution is 0.102. The van der Waals surface area contributed by atoms with Gasteiger partial charge in [-0.15, -0.1) is 0 Å². The molecule has 0 unspecified atom stereocenters. The standard InChI is InChI=1S/C28H21N7O/c1-17-10-11-19(31-27(36)26-21-8-4-5-9-24(21)34-35-26)14-25(17)33-28-30-13-12-23(32-28)22-16-29-15-18-6-2-3-7-20(18)22/h2-16H,1H3,(H,31,36)(H,34,35)(H,30,32,33). The van der Waals surface area contributed by atoms with Crippen molar-refractivity contribution in [3.8, 4) is 11.3 Å². The summed E-state index contributed by atoms with van der Waals surface area (Å²) >= 11 is 0. The quantitative estimate of drug-likeness (QED) is 0.290. The molecule has 174 valence electrons. The zero-order valence-electron chi connectivity index (χ0n) is 19.4. The fraction of sp³-hybridized carbons (Fsp3) is 0.0357. The number of hydrogen-bond donors (Lipinski definition) is 3. The molecule has 0 aliphatic heterocycles. The van der Waals surface area contributed by atoms with Crippen LogP contribution in [0.15, 0.2) is 91.4 Å². The van der Waals surface area contributed by atoms with Crippen LogP contribution in [-0.4, -0.2) is 31.1 Å². The number of pyridine rings is 1. The Bertz CT molecular complexity index is 1740. The summed E-state index contributed by atoms with van der Waals surface area (Å²) in [5, 5.41) is 16.2. The number of aryl methyl sites for hydroxylation is 1. The summed E-state index contributed by atoms with van der Waals surface area (Å²) in [4.78, 5) is 26.4. The van der Waals surface area contributed by atoms with Crippen molar-refractivity contribution in [3.63, 3.8) is 0 Å². The maximum Gasteiger partial charge on any atom is 0.276 e. The highest BCUT2D eigenvalue weighted by Gasteiger charge is 2.15. The van der Waals surface area contributed by atoms with Crippen LogP contribution in [0, 0.1) is 6.92 Å². The second-order valence-electron chi connectivity index (χ2n) is 8.40. The Hall–Kier alpha value is -5.11. The van der Waals surface area contributed by atoms with Crippen molar-refractivity contribution in [2.24, 2.45) is 0 Å². The zero-order chi connectivity index (χ0) is 24.5. The molecule has 0 atom stereocenters. The Morgan fingerprint density at radius 2 is 1.75 bits per heavy atom. The van der Waals surface area contributed by atoms with Gasteiger partial charge in [0.25, 0.3) is 5.91 Å². The van der Waals surface area contributed by atoms with Gasteiger partial charge in [0.1, 0.15) is 0 Å². The van der Waals surface area contributed by atoms with Gasteiger partial charge < -0.3 is 10.6 Å². The van der Waals surface area contributed by atoms with Crippen LogP contribution >= 0.6 is 0 Å². The third-order valence-corrected chi connectivity index (χ3v) is 6.03. The summed E-state index contributed by atoms with van der Waals surface area (Å²) in [6, 6.07) is 23.1. The summed E-state index contributed by atoms with van der Waals surface area (Å²) in [5.41, 5.74) is 5.26. The molecule has 0 radical (unpaired) electrons. The Labute approximate surface area is 206 Å². The average Bonchev–Trinajstić information content (AvgIpc) is 3.35. The molecule has 0 bridgehead atoms. The van der Waals surface area contributed by atoms with Crippen molar-refractivity contribution in [2.75, 3.05) is 10.6 Å². The van der Waals surface area contributed by atoms with Crippen LogP contribution in [0.5, 0.6) is 0 Å². The Morgan fingerprint density at radius 1 is 0.917 bits per heavy atom. The third-order valence-electron chi connectivity index (χ3n) is 6.03. The van der Waals surface area contributed by atoms with E-state index in [1.54, 1.807) is 6.20 Å². The van der Waals surface area contributed by atoms with Gasteiger partial charge in [0, 0.05) is 46.3 Å². The Balaban J connectivity index is 1.27. The molecule has 36 heavy (non-hydrogen) atoms. The van der Waals surface area contributed by atoms with Crippen LogP contribution in [0.3, 0.4) is 0 Å². The molecule has 0 fully saturated rings. The van der Waals surface area contributed by atoms with Crippen molar-refractivity contribution in [3.05, 3.63) is 103 Å². The topological polar surface area (TPSA) is 108 Å². The van der Waals surface area contributed by atoms with Gasteiger partial charge in [-0.1, -0.05) is 48.5 Å². The van der Waals surface area contributed by atoms with E-state index in [0.717, 1.165) is 44.2 Å². The number of nitrogens with zero attached hydrogens (tertiary/aromatic N) is 4. The number of fused-ring (bicyclic) bond motifs is 2. The normalized spacial score (nSPS) is 11.0. The first-order chi connectivity index (χ1) is 17.7. The van der Waals surface area contributed by atoms with Crippen LogP contribution in [0.25, 0.3) is 32.9 Å². The molecular formula is C28H21N7O. The molecule has 1 amide bonds. The highest BCUT2D eigenvalue weighted by Crippen LogP contribution is 2.28. The lowest BCUT2D eigenvalue weighted by Gasteiger charge is -2.12. The predicted octanol–water partition coefficient (Wildman–Crippen LogP) is 5.87. The van der Waals surface area contributed by atoms with Gasteiger partial charge in [0.05, 0.1) is 11.2 Å². The SMILES string of the molecule is Cc1ccc(NC(=O)c2n[nH]c3ccccc23)cc1Nc1nccc(-c2cncc3ccccc23)n1. The van der Waals surface area contributed by atoms with E-state index in [2.05, 4.69) is 36.9 Å². The third kappa shape index (κ3) is 4.01. The summed E-state index contributed by atoms with van der Waals surface area (Å²) in [5.74, 6) is 0.161. The van der Waals surface area contributed by atoms with Gasteiger partial charge in [-0.05, 0) is 42.1 Å². The number of anilines is 3. The van der Waals surface area contributed by atoms with Crippen LogP contribution in [0.4, 0.5) is 17.3 Å². The van der Waals surface area contributed by atoms with Crippen molar-refractivity contribution < 1.29 is 4.79 Å². The van der Waals surface area contributed by atoms with Gasteiger partial charge in [-0.2, -0.15) is 5.10 Å². The summed E-state index contributed by atoms with van der Waals surface area (Å²) < 4.78 is 0. The number of hydrogen-bond acceptors (Lipinski definition) is 6. The number of aromatic nitrogens is 5. The fourth-order valence-electron chi connectivity index (χ4n) is 4.17. The van der Waals surface area contributed by atoms with Crippen LogP contribution in [0.2, 0.25) is 0 Å². The summed E-state index contributed by atoms with van der Waals surface area (Å²) in [6.07, 6.45) is 5.37. The van der Waals surface area contributed by atoms with Gasteiger partial charge in [0.2, 0.25) is 5.95 Å². The number of amides is 1. The van der Waals surface area contributed by atoms with E-state index in [4.69, 9.17) is 4.98 Å². The number of carbonyl (C=O) groups is 1. The van der Waals surface area contributed by atoms with Crippen LogP contribution in [-0.2, 0) is 0 Å². The number of rotatable bonds is 5. The van der Waals surface area contributed by atoms with E-state index in [9.17, 15) is 4.79 Å². The van der Waals surface area contributed by atoms with Crippen LogP contribution < -0.4 is 10.6 Å². The molecule has 3 aromatic carbocycles. The van der Waals surface area contributed by atoms with E-state index in [1.165, 1.54) is 0 Å². The van der Waals surface area contributed by atoms with Crippen molar-refractivity contribution in [1.82, 2.24) is 25.1 Å². The molecule has 3 aromatic heterocycles. The van der Waals surface area contributed by atoms with Gasteiger partial charge in [-0.25, -0.2) is 9.97 Å². The van der Waals surface area contributed by atoms with E-state index in [0.29, 0.717) is 17.3 Å². The Morgan fingerprint density at radius 3 is 2.67 bits per heavy atom. The maximum atomic E-state index is 12.9. The first kappa shape index (κ1) is 21.4. The highest BCUT2D eigenvalue weighted by molar-refractivity contribution is 6.11. The zero-order valence-corrected chi connectivity index (χ0v) is 19.4. The smallest absolute Gasteiger partial charge is 0.276 e. The minimum atomic E-state index is -0.288.